The predicted octanol–water partition coefficient (Wildman–Crippen LogP) is 9.71. The molecule has 0 N–H and O–H groups in total. The number of hydrogen-bond acceptors (Lipinski definition) is 4. The van der Waals surface area contributed by atoms with E-state index >= 15 is 0 Å². The summed E-state index contributed by atoms with van der Waals surface area (Å²) in [6, 6.07) is 48.3. The Hall–Kier alpha value is -5.84. The van der Waals surface area contributed by atoms with Gasteiger partial charge in [-0.05, 0) is 29.1 Å². The molecular formula is C41H23N5OPt. The fraction of sp³-hybridized carbons (Fsp3) is 0. The minimum absolute atomic E-state index is 0. The molecule has 0 aliphatic rings. The van der Waals surface area contributed by atoms with Gasteiger partial charge < -0.3 is 13.5 Å². The van der Waals surface area contributed by atoms with E-state index in [0.29, 0.717) is 11.5 Å². The Morgan fingerprint density at radius 3 is 2.00 bits per heavy atom. The van der Waals surface area contributed by atoms with E-state index in [2.05, 4.69) is 98.7 Å². The van der Waals surface area contributed by atoms with E-state index in [1.807, 2.05) is 67.1 Å². The molecular weight excluding hydrogens is 774 g/mol. The zero-order valence-electron chi connectivity index (χ0n) is 25.2. The second-order valence-corrected chi connectivity index (χ2v) is 11.5. The Morgan fingerprint density at radius 2 is 1.21 bits per heavy atom. The van der Waals surface area contributed by atoms with Crippen LogP contribution in [0.1, 0.15) is 0 Å². The van der Waals surface area contributed by atoms with Crippen LogP contribution in [0.5, 0.6) is 11.5 Å². The Balaban J connectivity index is 0.00000314. The topological polar surface area (TPSA) is 56.7 Å². The molecule has 5 heterocycles. The molecule has 0 aliphatic heterocycles. The maximum Gasteiger partial charge on any atom is 2.00 e. The summed E-state index contributed by atoms with van der Waals surface area (Å²) >= 11 is 0. The largest absolute Gasteiger partial charge is 2.00 e. The van der Waals surface area contributed by atoms with E-state index in [9.17, 15) is 0 Å². The molecule has 5 aromatic carbocycles. The van der Waals surface area contributed by atoms with Crippen molar-refractivity contribution in [3.63, 3.8) is 0 Å². The molecule has 0 unspecified atom stereocenters. The fourth-order valence-corrected chi connectivity index (χ4v) is 6.82. The Labute approximate surface area is 289 Å². The molecule has 0 radical (unpaired) electrons. The van der Waals surface area contributed by atoms with E-state index in [1.165, 1.54) is 0 Å². The minimum atomic E-state index is 0. The van der Waals surface area contributed by atoms with Crippen molar-refractivity contribution in [2.24, 2.45) is 0 Å². The molecule has 7 heteroatoms. The molecule has 6 nitrogen and oxygen atoms in total. The van der Waals surface area contributed by atoms with Crippen LogP contribution in [0.25, 0.3) is 77.3 Å². The Morgan fingerprint density at radius 1 is 0.542 bits per heavy atom. The molecule has 0 atom stereocenters. The second kappa shape index (κ2) is 11.1. The van der Waals surface area contributed by atoms with E-state index in [-0.39, 0.29) is 21.1 Å². The number of imidazole rings is 2. The molecule has 0 bridgehead atoms. The van der Waals surface area contributed by atoms with E-state index in [1.54, 1.807) is 0 Å². The van der Waals surface area contributed by atoms with Crippen LogP contribution in [0.15, 0.2) is 140 Å². The van der Waals surface area contributed by atoms with Crippen molar-refractivity contribution in [3.05, 3.63) is 152 Å². The molecule has 5 aromatic heterocycles. The minimum Gasteiger partial charge on any atom is -0.497 e. The van der Waals surface area contributed by atoms with Gasteiger partial charge in [-0.2, -0.15) is 0 Å². The molecule has 48 heavy (non-hydrogen) atoms. The maximum absolute atomic E-state index is 6.49. The average Bonchev–Trinajstić information content (AvgIpc) is 3.80. The molecule has 0 fully saturated rings. The van der Waals surface area contributed by atoms with Crippen LogP contribution < -0.4 is 4.74 Å². The third-order valence-corrected chi connectivity index (χ3v) is 8.85. The Kier molecular flexibility index (Phi) is 6.59. The SMILES string of the molecule is [Pt+2].[c-]1c(Oc2[c-]c3c(cc2)c2ncccc2n2c(-c4ccccc4)c(-c4ccccc4)nc32)ccc2c1c1nccn1c1ccccc21. The second-order valence-electron chi connectivity index (χ2n) is 11.5. The summed E-state index contributed by atoms with van der Waals surface area (Å²) in [4.78, 5) is 14.8. The molecule has 0 saturated heterocycles. The number of hydrogen-bond donors (Lipinski definition) is 0. The van der Waals surface area contributed by atoms with Gasteiger partial charge >= 0.3 is 21.1 Å². The van der Waals surface area contributed by atoms with Crippen molar-refractivity contribution in [1.82, 2.24) is 23.8 Å². The summed E-state index contributed by atoms with van der Waals surface area (Å²) in [5.41, 5.74) is 8.59. The van der Waals surface area contributed by atoms with Gasteiger partial charge in [-0.25, -0.2) is 0 Å². The van der Waals surface area contributed by atoms with Gasteiger partial charge in [0.25, 0.3) is 0 Å². The van der Waals surface area contributed by atoms with Crippen LogP contribution in [-0.4, -0.2) is 23.8 Å². The number of benzene rings is 5. The van der Waals surface area contributed by atoms with Crippen molar-refractivity contribution >= 4 is 54.8 Å². The molecule has 0 amide bonds. The summed E-state index contributed by atoms with van der Waals surface area (Å²) in [5.74, 6) is 1.15. The van der Waals surface area contributed by atoms with Gasteiger partial charge in [-0.15, -0.1) is 12.1 Å². The summed E-state index contributed by atoms with van der Waals surface area (Å²) < 4.78 is 10.8. The zero-order chi connectivity index (χ0) is 30.9. The van der Waals surface area contributed by atoms with E-state index < -0.39 is 0 Å². The molecule has 10 rings (SSSR count). The number of rotatable bonds is 4. The van der Waals surface area contributed by atoms with Crippen LogP contribution >= 0.6 is 0 Å². The van der Waals surface area contributed by atoms with Gasteiger partial charge in [0, 0.05) is 41.2 Å². The number of aromatic nitrogens is 5. The van der Waals surface area contributed by atoms with Crippen LogP contribution in [0.3, 0.4) is 0 Å². The molecule has 10 aromatic rings. The monoisotopic (exact) mass is 796 g/mol. The number of pyridine rings is 3. The summed E-state index contributed by atoms with van der Waals surface area (Å²) in [7, 11) is 0. The first-order chi connectivity index (χ1) is 23.3. The first-order valence-corrected chi connectivity index (χ1v) is 15.5. The van der Waals surface area contributed by atoms with Gasteiger partial charge in [-0.3, -0.25) is 15.0 Å². The molecule has 0 aliphatic carbocycles. The zero-order valence-corrected chi connectivity index (χ0v) is 27.5. The van der Waals surface area contributed by atoms with Crippen molar-refractivity contribution in [2.75, 3.05) is 0 Å². The standard InChI is InChI=1S/C41H23N5O.Pt/c1-3-10-26(11-4-1)37-39(27-12-5-2-6-13-27)46-36-16-9-21-42-38(36)32-20-18-29(25-34(32)41(46)44-37)47-28-17-19-30-31-14-7-8-15-35(31)45-23-22-43-40(45)33(30)24-28;/h1-23H;/q-2;+2. The fourth-order valence-electron chi connectivity index (χ4n) is 6.82. The third-order valence-electron chi connectivity index (χ3n) is 8.85. The van der Waals surface area contributed by atoms with Crippen molar-refractivity contribution in [2.45, 2.75) is 0 Å². The summed E-state index contributed by atoms with van der Waals surface area (Å²) in [6.45, 7) is 0. The average molecular weight is 797 g/mol. The number of para-hydroxylation sites is 1. The van der Waals surface area contributed by atoms with Crippen LogP contribution in [0.2, 0.25) is 0 Å². The summed E-state index contributed by atoms with van der Waals surface area (Å²) in [5, 5.41) is 4.90. The van der Waals surface area contributed by atoms with Crippen LogP contribution in [0.4, 0.5) is 0 Å². The van der Waals surface area contributed by atoms with Crippen LogP contribution in [-0.2, 0) is 21.1 Å². The van der Waals surface area contributed by atoms with Gasteiger partial charge in [0.2, 0.25) is 0 Å². The third kappa shape index (κ3) is 4.26. The smallest absolute Gasteiger partial charge is 0.497 e. The maximum atomic E-state index is 6.49. The van der Waals surface area contributed by atoms with Gasteiger partial charge in [-0.1, -0.05) is 125 Å². The molecule has 228 valence electrons. The van der Waals surface area contributed by atoms with Gasteiger partial charge in [0.05, 0.1) is 33.7 Å². The first kappa shape index (κ1) is 28.4. The predicted molar refractivity (Wildman–Crippen MR) is 187 cm³/mol. The number of fused-ring (bicyclic) bond motifs is 12. The number of ether oxygens (including phenoxy) is 1. The number of nitrogens with zero attached hydrogens (tertiary/aromatic N) is 5. The van der Waals surface area contributed by atoms with Crippen molar-refractivity contribution < 1.29 is 25.8 Å². The van der Waals surface area contributed by atoms with Crippen LogP contribution in [0, 0.1) is 12.1 Å². The first-order valence-electron chi connectivity index (χ1n) is 15.5. The van der Waals surface area contributed by atoms with E-state index in [0.717, 1.165) is 77.3 Å². The van der Waals surface area contributed by atoms with Crippen molar-refractivity contribution in [3.8, 4) is 34.0 Å². The van der Waals surface area contributed by atoms with Gasteiger partial charge in [0.15, 0.2) is 0 Å². The van der Waals surface area contributed by atoms with Crippen molar-refractivity contribution in [1.29, 1.82) is 0 Å². The molecule has 0 spiro atoms. The molecule has 0 saturated carbocycles. The normalized spacial score (nSPS) is 11.6. The Bertz CT molecular complexity index is 2830. The summed E-state index contributed by atoms with van der Waals surface area (Å²) in [6.07, 6.45) is 5.64. The van der Waals surface area contributed by atoms with E-state index in [4.69, 9.17) is 14.7 Å². The quantitative estimate of drug-likeness (QED) is 0.132. The van der Waals surface area contributed by atoms with Gasteiger partial charge in [0.1, 0.15) is 0 Å².